The van der Waals surface area contributed by atoms with Crippen molar-refractivity contribution in [2.45, 2.75) is 26.3 Å². The van der Waals surface area contributed by atoms with Crippen LogP contribution in [0.3, 0.4) is 0 Å². The van der Waals surface area contributed by atoms with Gasteiger partial charge in [-0.15, -0.1) is 5.10 Å². The molecule has 7 heteroatoms. The molecule has 1 unspecified atom stereocenters. The maximum absolute atomic E-state index is 9.46. The van der Waals surface area contributed by atoms with Crippen LogP contribution in [0.1, 0.15) is 20.3 Å². The summed E-state index contributed by atoms with van der Waals surface area (Å²) < 4.78 is 1.76. The lowest BCUT2D eigenvalue weighted by atomic mass is 10.1. The third-order valence-electron chi connectivity index (χ3n) is 3.49. The van der Waals surface area contributed by atoms with Crippen LogP contribution in [0, 0.1) is 5.92 Å². The Morgan fingerprint density at radius 1 is 1.30 bits per heavy atom. The van der Waals surface area contributed by atoms with Gasteiger partial charge in [-0.1, -0.05) is 48.9 Å². The second-order valence-corrected chi connectivity index (χ2v) is 7.31. The zero-order valence-corrected chi connectivity index (χ0v) is 14.6. The summed E-state index contributed by atoms with van der Waals surface area (Å²) in [5.74, 6) is 0.514. The van der Waals surface area contributed by atoms with E-state index in [4.69, 9.17) is 11.6 Å². The number of imidazole rings is 1. The number of nitrogens with one attached hydrogen (secondary N) is 1. The van der Waals surface area contributed by atoms with Crippen LogP contribution in [0.15, 0.2) is 30.5 Å². The van der Waals surface area contributed by atoms with E-state index in [9.17, 15) is 5.11 Å². The van der Waals surface area contributed by atoms with Crippen LogP contribution >= 0.6 is 22.9 Å². The second-order valence-electron chi connectivity index (χ2n) is 5.92. The molecule has 0 spiro atoms. The zero-order valence-electron chi connectivity index (χ0n) is 13.0. The molecular formula is C16H19ClN4OS. The quantitative estimate of drug-likeness (QED) is 0.707. The molecule has 2 heterocycles. The smallest absolute Gasteiger partial charge is 0.214 e. The molecule has 0 aliphatic heterocycles. The fraction of sp³-hybridized carbons (Fsp3) is 0.375. The molecule has 0 aliphatic carbocycles. The minimum absolute atomic E-state index is 0.0154. The maximum atomic E-state index is 9.46. The molecule has 1 atom stereocenters. The Balaban J connectivity index is 1.78. The van der Waals surface area contributed by atoms with Gasteiger partial charge in [0.2, 0.25) is 10.1 Å². The summed E-state index contributed by atoms with van der Waals surface area (Å²) in [7, 11) is 0. The highest BCUT2D eigenvalue weighted by Gasteiger charge is 2.14. The van der Waals surface area contributed by atoms with Crippen LogP contribution in [0.5, 0.6) is 0 Å². The lowest BCUT2D eigenvalue weighted by Crippen LogP contribution is -2.25. The molecule has 23 heavy (non-hydrogen) atoms. The van der Waals surface area contributed by atoms with E-state index in [0.717, 1.165) is 27.8 Å². The highest BCUT2D eigenvalue weighted by Crippen LogP contribution is 2.26. The Morgan fingerprint density at radius 2 is 2.04 bits per heavy atom. The SMILES string of the molecule is CC(C)CC(CO)Nc1nn2cc(-c3ccc(Cl)cc3)nc2s1. The minimum Gasteiger partial charge on any atom is -0.394 e. The van der Waals surface area contributed by atoms with E-state index in [1.54, 1.807) is 4.52 Å². The van der Waals surface area contributed by atoms with E-state index < -0.39 is 0 Å². The second kappa shape index (κ2) is 6.86. The van der Waals surface area contributed by atoms with E-state index in [1.807, 2.05) is 30.5 Å². The van der Waals surface area contributed by atoms with Gasteiger partial charge in [0.05, 0.1) is 24.5 Å². The average molecular weight is 351 g/mol. The third-order valence-corrected chi connectivity index (χ3v) is 4.59. The van der Waals surface area contributed by atoms with Crippen LogP contribution in [0.4, 0.5) is 5.13 Å². The fourth-order valence-corrected chi connectivity index (χ4v) is 3.43. The largest absolute Gasteiger partial charge is 0.394 e. The number of nitrogens with zero attached hydrogens (tertiary/aromatic N) is 3. The van der Waals surface area contributed by atoms with Gasteiger partial charge >= 0.3 is 0 Å². The van der Waals surface area contributed by atoms with Crippen LogP contribution in [0.2, 0.25) is 5.02 Å². The predicted molar refractivity (Wildman–Crippen MR) is 95.3 cm³/mol. The Kier molecular flexibility index (Phi) is 4.84. The number of halogens is 1. The first-order chi connectivity index (χ1) is 11.0. The van der Waals surface area contributed by atoms with Crippen LogP contribution in [0.25, 0.3) is 16.2 Å². The van der Waals surface area contributed by atoms with Crippen molar-refractivity contribution in [2.75, 3.05) is 11.9 Å². The lowest BCUT2D eigenvalue weighted by Gasteiger charge is -2.16. The maximum Gasteiger partial charge on any atom is 0.214 e. The van der Waals surface area contributed by atoms with Crippen LogP contribution < -0.4 is 5.32 Å². The molecule has 0 saturated heterocycles. The van der Waals surface area contributed by atoms with Crippen molar-refractivity contribution in [1.82, 2.24) is 14.6 Å². The van der Waals surface area contributed by atoms with Crippen molar-refractivity contribution in [3.8, 4) is 11.3 Å². The highest BCUT2D eigenvalue weighted by atomic mass is 35.5. The number of benzene rings is 1. The van der Waals surface area contributed by atoms with Gasteiger partial charge in [0.25, 0.3) is 0 Å². The van der Waals surface area contributed by atoms with E-state index in [2.05, 4.69) is 29.2 Å². The number of aliphatic hydroxyl groups excluding tert-OH is 1. The number of hydrogen-bond acceptors (Lipinski definition) is 5. The van der Waals surface area contributed by atoms with Crippen LogP contribution in [-0.4, -0.2) is 32.4 Å². The zero-order chi connectivity index (χ0) is 16.4. The molecule has 0 amide bonds. The summed E-state index contributed by atoms with van der Waals surface area (Å²) in [5.41, 5.74) is 1.88. The molecule has 2 N–H and O–H groups in total. The third kappa shape index (κ3) is 3.83. The molecule has 1 aromatic carbocycles. The number of anilines is 1. The average Bonchev–Trinajstić information content (AvgIpc) is 3.05. The van der Waals surface area contributed by atoms with Gasteiger partial charge < -0.3 is 10.4 Å². The summed E-state index contributed by atoms with van der Waals surface area (Å²) in [5, 5.41) is 18.7. The molecule has 0 fully saturated rings. The van der Waals surface area contributed by atoms with Crippen molar-refractivity contribution in [1.29, 1.82) is 0 Å². The standard InChI is InChI=1S/C16H19ClN4OS/c1-10(2)7-13(9-22)18-15-20-21-8-14(19-16(21)23-15)11-3-5-12(17)6-4-11/h3-6,8,10,13,22H,7,9H2,1-2H3,(H,18,20). The van der Waals surface area contributed by atoms with E-state index >= 15 is 0 Å². The van der Waals surface area contributed by atoms with Gasteiger partial charge in [-0.05, 0) is 24.5 Å². The summed E-state index contributed by atoms with van der Waals surface area (Å²) in [6, 6.07) is 7.60. The summed E-state index contributed by atoms with van der Waals surface area (Å²) in [6.45, 7) is 4.37. The number of aromatic nitrogens is 3. The molecule has 122 valence electrons. The Bertz CT molecular complexity index is 750. The lowest BCUT2D eigenvalue weighted by molar-refractivity contribution is 0.259. The van der Waals surface area contributed by atoms with Crippen LogP contribution in [-0.2, 0) is 0 Å². The van der Waals surface area contributed by atoms with Crippen molar-refractivity contribution in [3.05, 3.63) is 35.5 Å². The molecule has 3 rings (SSSR count). The van der Waals surface area contributed by atoms with Crippen molar-refractivity contribution >= 4 is 33.0 Å². The predicted octanol–water partition coefficient (Wildman–Crippen LogP) is 3.93. The molecule has 2 aromatic heterocycles. The fourth-order valence-electron chi connectivity index (χ4n) is 2.44. The first-order valence-corrected chi connectivity index (χ1v) is 8.74. The Hall–Kier alpha value is -1.63. The Morgan fingerprint density at radius 3 is 2.65 bits per heavy atom. The van der Waals surface area contributed by atoms with E-state index in [0.29, 0.717) is 10.9 Å². The molecule has 0 saturated carbocycles. The summed E-state index contributed by atoms with van der Waals surface area (Å²) in [4.78, 5) is 5.42. The first-order valence-electron chi connectivity index (χ1n) is 7.54. The monoisotopic (exact) mass is 350 g/mol. The van der Waals surface area contributed by atoms with Crippen molar-refractivity contribution in [3.63, 3.8) is 0 Å². The molecular weight excluding hydrogens is 332 g/mol. The number of rotatable bonds is 6. The van der Waals surface area contributed by atoms with Gasteiger partial charge in [0.1, 0.15) is 0 Å². The summed E-state index contributed by atoms with van der Waals surface area (Å²) >= 11 is 7.39. The first kappa shape index (κ1) is 16.2. The molecule has 0 bridgehead atoms. The number of fused-ring (bicyclic) bond motifs is 1. The number of aliphatic hydroxyl groups is 1. The van der Waals surface area contributed by atoms with Gasteiger partial charge in [-0.3, -0.25) is 0 Å². The molecule has 0 radical (unpaired) electrons. The summed E-state index contributed by atoms with van der Waals surface area (Å²) in [6.07, 6.45) is 2.80. The van der Waals surface area contributed by atoms with Gasteiger partial charge in [0, 0.05) is 10.6 Å². The van der Waals surface area contributed by atoms with Gasteiger partial charge in [0.15, 0.2) is 0 Å². The minimum atomic E-state index is 0.0154. The van der Waals surface area contributed by atoms with Crippen molar-refractivity contribution in [2.24, 2.45) is 5.92 Å². The molecule has 0 aliphatic rings. The Labute approximate surface area is 143 Å². The molecule has 3 aromatic rings. The number of hydrogen-bond donors (Lipinski definition) is 2. The van der Waals surface area contributed by atoms with E-state index in [-0.39, 0.29) is 12.6 Å². The van der Waals surface area contributed by atoms with E-state index in [1.165, 1.54) is 11.3 Å². The van der Waals surface area contributed by atoms with Gasteiger partial charge in [-0.25, -0.2) is 9.50 Å². The molecule has 5 nitrogen and oxygen atoms in total. The van der Waals surface area contributed by atoms with Crippen molar-refractivity contribution < 1.29 is 5.11 Å². The highest BCUT2D eigenvalue weighted by molar-refractivity contribution is 7.20. The normalized spacial score (nSPS) is 12.9. The van der Waals surface area contributed by atoms with Gasteiger partial charge in [-0.2, -0.15) is 0 Å². The topological polar surface area (TPSA) is 62.5 Å².